The van der Waals surface area contributed by atoms with E-state index in [2.05, 4.69) is 0 Å². The molecular formula is C16H9NO5. The average Bonchev–Trinajstić information content (AvgIpc) is 2.51. The number of carboxylic acid groups (broad SMARTS) is 1. The van der Waals surface area contributed by atoms with Gasteiger partial charge < -0.3 is 10.8 Å². The third-order valence-corrected chi connectivity index (χ3v) is 3.56. The highest BCUT2D eigenvalue weighted by molar-refractivity contribution is 6.29. The number of carboxylic acids is 1. The van der Waals surface area contributed by atoms with E-state index in [1.165, 1.54) is 12.1 Å². The van der Waals surface area contributed by atoms with E-state index in [1.807, 2.05) is 0 Å². The lowest BCUT2D eigenvalue weighted by atomic mass is 9.82. The number of hydrogen-bond acceptors (Lipinski definition) is 4. The number of rotatable bonds is 2. The van der Waals surface area contributed by atoms with Crippen LogP contribution in [0.5, 0.6) is 0 Å². The van der Waals surface area contributed by atoms with Crippen molar-refractivity contribution in [1.29, 1.82) is 0 Å². The molecule has 0 aromatic heterocycles. The number of ketones is 2. The molecule has 2 aromatic rings. The standard InChI is InChI=1S/C16H9NO5/c17-15(20)11-5-9-10(6-12(11)16(21)22)14(19)8-4-2-1-3-7(8)13(9)18/h1-6H,(H2,17,20)(H,21,22). The number of amides is 1. The summed E-state index contributed by atoms with van der Waals surface area (Å²) in [7, 11) is 0. The molecule has 0 saturated heterocycles. The fraction of sp³-hybridized carbons (Fsp3) is 0. The van der Waals surface area contributed by atoms with E-state index >= 15 is 0 Å². The van der Waals surface area contributed by atoms with Crippen LogP contribution in [0.15, 0.2) is 36.4 Å². The zero-order valence-electron chi connectivity index (χ0n) is 11.1. The van der Waals surface area contributed by atoms with Gasteiger partial charge in [-0.3, -0.25) is 14.4 Å². The Bertz CT molecular complexity index is 810. The molecule has 2 aromatic carbocycles. The van der Waals surface area contributed by atoms with Gasteiger partial charge in [-0.1, -0.05) is 24.3 Å². The number of nitrogens with two attached hydrogens (primary N) is 1. The van der Waals surface area contributed by atoms with Crippen LogP contribution in [0.3, 0.4) is 0 Å². The SMILES string of the molecule is NC(=O)c1cc2c(cc1C(=O)O)C(=O)c1ccccc1C2=O. The van der Waals surface area contributed by atoms with E-state index in [-0.39, 0.29) is 27.8 Å². The van der Waals surface area contributed by atoms with Crippen LogP contribution >= 0.6 is 0 Å². The third-order valence-electron chi connectivity index (χ3n) is 3.56. The van der Waals surface area contributed by atoms with Gasteiger partial charge in [-0.15, -0.1) is 0 Å². The molecule has 0 atom stereocenters. The largest absolute Gasteiger partial charge is 0.478 e. The lowest BCUT2D eigenvalue weighted by Crippen LogP contribution is -2.24. The summed E-state index contributed by atoms with van der Waals surface area (Å²) in [4.78, 5) is 47.6. The molecule has 0 aliphatic heterocycles. The fourth-order valence-corrected chi connectivity index (χ4v) is 2.53. The number of primary amides is 1. The maximum absolute atomic E-state index is 12.5. The molecule has 0 spiro atoms. The predicted octanol–water partition coefficient (Wildman–Crippen LogP) is 1.26. The predicted molar refractivity (Wildman–Crippen MR) is 75.2 cm³/mol. The molecule has 3 rings (SSSR count). The zero-order valence-corrected chi connectivity index (χ0v) is 11.1. The smallest absolute Gasteiger partial charge is 0.336 e. The van der Waals surface area contributed by atoms with Crippen molar-refractivity contribution in [2.24, 2.45) is 5.73 Å². The van der Waals surface area contributed by atoms with Gasteiger partial charge in [-0.05, 0) is 12.1 Å². The molecule has 3 N–H and O–H groups in total. The molecule has 0 bridgehead atoms. The Kier molecular flexibility index (Phi) is 2.88. The number of hydrogen-bond donors (Lipinski definition) is 2. The monoisotopic (exact) mass is 295 g/mol. The highest BCUT2D eigenvalue weighted by Gasteiger charge is 2.32. The number of aromatic carboxylic acids is 1. The third kappa shape index (κ3) is 1.81. The van der Waals surface area contributed by atoms with Crippen molar-refractivity contribution in [2.45, 2.75) is 0 Å². The average molecular weight is 295 g/mol. The first-order valence-corrected chi connectivity index (χ1v) is 6.31. The molecule has 0 fully saturated rings. The lowest BCUT2D eigenvalue weighted by Gasteiger charge is -2.18. The van der Waals surface area contributed by atoms with Crippen molar-refractivity contribution in [3.63, 3.8) is 0 Å². The van der Waals surface area contributed by atoms with Crippen LogP contribution in [-0.2, 0) is 0 Å². The fourth-order valence-electron chi connectivity index (χ4n) is 2.53. The molecule has 22 heavy (non-hydrogen) atoms. The van der Waals surface area contributed by atoms with Crippen molar-refractivity contribution < 1.29 is 24.3 Å². The van der Waals surface area contributed by atoms with Crippen molar-refractivity contribution in [3.8, 4) is 0 Å². The number of carbonyl (C=O) groups is 4. The van der Waals surface area contributed by atoms with Gasteiger partial charge in [0.1, 0.15) is 0 Å². The summed E-state index contributed by atoms with van der Waals surface area (Å²) in [6, 6.07) is 8.36. The highest BCUT2D eigenvalue weighted by atomic mass is 16.4. The van der Waals surface area contributed by atoms with Crippen LogP contribution in [0, 0.1) is 0 Å². The molecular weight excluding hydrogens is 286 g/mol. The number of carbonyl (C=O) groups excluding carboxylic acids is 3. The molecule has 0 heterocycles. The van der Waals surface area contributed by atoms with Gasteiger partial charge in [-0.2, -0.15) is 0 Å². The van der Waals surface area contributed by atoms with Crippen molar-refractivity contribution in [1.82, 2.24) is 0 Å². The number of fused-ring (bicyclic) bond motifs is 2. The van der Waals surface area contributed by atoms with Gasteiger partial charge in [-0.25, -0.2) is 4.79 Å². The Morgan fingerprint density at radius 1 is 0.818 bits per heavy atom. The van der Waals surface area contributed by atoms with Crippen LogP contribution in [0.1, 0.15) is 52.6 Å². The van der Waals surface area contributed by atoms with Gasteiger partial charge >= 0.3 is 5.97 Å². The minimum atomic E-state index is -1.39. The molecule has 1 amide bonds. The summed E-state index contributed by atoms with van der Waals surface area (Å²) in [5.74, 6) is -3.26. The summed E-state index contributed by atoms with van der Waals surface area (Å²) in [5.41, 5.74) is 4.85. The van der Waals surface area contributed by atoms with Crippen LogP contribution in [0.4, 0.5) is 0 Å². The molecule has 0 radical (unpaired) electrons. The summed E-state index contributed by atoms with van der Waals surface area (Å²) in [6.45, 7) is 0. The van der Waals surface area contributed by atoms with Gasteiger partial charge in [0.25, 0.3) is 0 Å². The van der Waals surface area contributed by atoms with Crippen molar-refractivity contribution in [2.75, 3.05) is 0 Å². The Labute approximate surface area is 124 Å². The molecule has 6 heteroatoms. The Hall–Kier alpha value is -3.28. The van der Waals surface area contributed by atoms with Crippen LogP contribution in [-0.4, -0.2) is 28.5 Å². The van der Waals surface area contributed by atoms with E-state index in [4.69, 9.17) is 10.8 Å². The minimum absolute atomic E-state index is 0.0116. The first-order valence-electron chi connectivity index (χ1n) is 6.31. The van der Waals surface area contributed by atoms with Crippen molar-refractivity contribution >= 4 is 23.4 Å². The van der Waals surface area contributed by atoms with Gasteiger partial charge in [0.05, 0.1) is 11.1 Å². The minimum Gasteiger partial charge on any atom is -0.478 e. The molecule has 1 aliphatic rings. The van der Waals surface area contributed by atoms with Gasteiger partial charge in [0.2, 0.25) is 5.91 Å². The lowest BCUT2D eigenvalue weighted by molar-refractivity contribution is 0.0691. The molecule has 6 nitrogen and oxygen atoms in total. The quantitative estimate of drug-likeness (QED) is 0.738. The Balaban J connectivity index is 2.34. The molecule has 0 unspecified atom stereocenters. The number of benzene rings is 2. The Morgan fingerprint density at radius 2 is 1.27 bits per heavy atom. The zero-order chi connectivity index (χ0) is 16.0. The highest BCUT2D eigenvalue weighted by Crippen LogP contribution is 2.29. The van der Waals surface area contributed by atoms with Crippen LogP contribution < -0.4 is 5.73 Å². The van der Waals surface area contributed by atoms with Gasteiger partial charge in [0, 0.05) is 22.3 Å². The summed E-state index contributed by atoms with van der Waals surface area (Å²) >= 11 is 0. The summed E-state index contributed by atoms with van der Waals surface area (Å²) in [6.07, 6.45) is 0. The maximum Gasteiger partial charge on any atom is 0.336 e. The first-order chi connectivity index (χ1) is 10.4. The molecule has 108 valence electrons. The summed E-state index contributed by atoms with van der Waals surface area (Å²) < 4.78 is 0. The topological polar surface area (TPSA) is 115 Å². The maximum atomic E-state index is 12.5. The second-order valence-electron chi connectivity index (χ2n) is 4.82. The van der Waals surface area contributed by atoms with Crippen LogP contribution in [0.25, 0.3) is 0 Å². The van der Waals surface area contributed by atoms with Gasteiger partial charge in [0.15, 0.2) is 11.6 Å². The van der Waals surface area contributed by atoms with E-state index in [1.54, 1.807) is 12.1 Å². The Morgan fingerprint density at radius 3 is 1.68 bits per heavy atom. The van der Waals surface area contributed by atoms with E-state index in [0.29, 0.717) is 0 Å². The second-order valence-corrected chi connectivity index (χ2v) is 4.82. The second kappa shape index (κ2) is 4.63. The summed E-state index contributed by atoms with van der Waals surface area (Å²) in [5, 5.41) is 9.16. The van der Waals surface area contributed by atoms with E-state index in [0.717, 1.165) is 12.1 Å². The van der Waals surface area contributed by atoms with Crippen LogP contribution in [0.2, 0.25) is 0 Å². The molecule has 0 saturated carbocycles. The normalized spacial score (nSPS) is 12.5. The van der Waals surface area contributed by atoms with Crippen molar-refractivity contribution in [3.05, 3.63) is 69.8 Å². The van der Waals surface area contributed by atoms with E-state index in [9.17, 15) is 19.2 Å². The first kappa shape index (κ1) is 13.7. The van der Waals surface area contributed by atoms with E-state index < -0.39 is 29.0 Å². The molecule has 1 aliphatic carbocycles.